The van der Waals surface area contributed by atoms with Crippen LogP contribution in [0.4, 0.5) is 0 Å². The standard InChI is InChI=1S/C28H27N3O2/c1-18-13-15-19(16-14-18)26-25(22-11-7-8-12-23(22)30(26)4)27-20-9-5-6-10-21(20)28(33)31(27)17-24(32)29(2)3/h5-16,27H,17H2,1-4H3/t27-/m1/s1. The summed E-state index contributed by atoms with van der Waals surface area (Å²) in [5, 5.41) is 1.09. The second-order valence-corrected chi connectivity index (χ2v) is 8.92. The zero-order chi connectivity index (χ0) is 23.3. The molecule has 2 heterocycles. The quantitative estimate of drug-likeness (QED) is 0.461. The van der Waals surface area contributed by atoms with Crippen molar-refractivity contribution in [3.63, 3.8) is 0 Å². The van der Waals surface area contributed by atoms with E-state index in [0.717, 1.165) is 33.3 Å². The number of rotatable bonds is 4. The molecule has 1 aliphatic heterocycles. The first kappa shape index (κ1) is 21.0. The number of hydrogen-bond donors (Lipinski definition) is 0. The van der Waals surface area contributed by atoms with Gasteiger partial charge in [0.2, 0.25) is 5.91 Å². The van der Waals surface area contributed by atoms with E-state index < -0.39 is 0 Å². The van der Waals surface area contributed by atoms with Crippen molar-refractivity contribution >= 4 is 22.7 Å². The Labute approximate surface area is 193 Å². The Balaban J connectivity index is 1.81. The highest BCUT2D eigenvalue weighted by Gasteiger charge is 2.41. The lowest BCUT2D eigenvalue weighted by Crippen LogP contribution is -2.39. The van der Waals surface area contributed by atoms with Gasteiger partial charge in [-0.2, -0.15) is 0 Å². The molecule has 0 unspecified atom stereocenters. The van der Waals surface area contributed by atoms with Crippen LogP contribution in [-0.4, -0.2) is 46.8 Å². The van der Waals surface area contributed by atoms with Crippen molar-refractivity contribution in [1.82, 2.24) is 14.4 Å². The number of para-hydroxylation sites is 1. The highest BCUT2D eigenvalue weighted by molar-refractivity contribution is 6.03. The second-order valence-electron chi connectivity index (χ2n) is 8.92. The molecule has 0 fully saturated rings. The molecule has 4 aromatic rings. The van der Waals surface area contributed by atoms with Crippen molar-refractivity contribution < 1.29 is 9.59 Å². The van der Waals surface area contributed by atoms with Gasteiger partial charge in [-0.1, -0.05) is 66.2 Å². The second kappa shape index (κ2) is 7.93. The third-order valence-electron chi connectivity index (χ3n) is 6.61. The Morgan fingerprint density at radius 3 is 2.33 bits per heavy atom. The number of carbonyl (C=O) groups is 2. The van der Waals surface area contributed by atoms with Crippen LogP contribution in [-0.2, 0) is 11.8 Å². The first-order valence-electron chi connectivity index (χ1n) is 11.1. The average Bonchev–Trinajstić information content (AvgIpc) is 3.26. The van der Waals surface area contributed by atoms with Gasteiger partial charge in [-0.25, -0.2) is 0 Å². The molecule has 5 heteroatoms. The summed E-state index contributed by atoms with van der Waals surface area (Å²) in [4.78, 5) is 29.6. The molecular formula is C28H27N3O2. The monoisotopic (exact) mass is 437 g/mol. The molecule has 1 aliphatic rings. The molecule has 5 rings (SSSR count). The summed E-state index contributed by atoms with van der Waals surface area (Å²) in [5.74, 6) is -0.202. The maximum Gasteiger partial charge on any atom is 0.255 e. The summed E-state index contributed by atoms with van der Waals surface area (Å²) in [6, 6.07) is 24.1. The lowest BCUT2D eigenvalue weighted by molar-refractivity contribution is -0.129. The van der Waals surface area contributed by atoms with Gasteiger partial charge in [-0.3, -0.25) is 9.59 Å². The summed E-state index contributed by atoms with van der Waals surface area (Å²) in [5.41, 5.74) is 7.10. The van der Waals surface area contributed by atoms with E-state index in [1.807, 2.05) is 36.4 Å². The van der Waals surface area contributed by atoms with Crippen molar-refractivity contribution in [3.8, 4) is 11.3 Å². The number of hydrogen-bond acceptors (Lipinski definition) is 2. The maximum atomic E-state index is 13.5. The summed E-state index contributed by atoms with van der Waals surface area (Å²) < 4.78 is 2.20. The van der Waals surface area contributed by atoms with Gasteiger partial charge in [0.05, 0.1) is 11.7 Å². The van der Waals surface area contributed by atoms with Gasteiger partial charge in [0.15, 0.2) is 0 Å². The molecule has 166 valence electrons. The molecule has 1 aromatic heterocycles. The highest BCUT2D eigenvalue weighted by Crippen LogP contribution is 2.46. The molecule has 0 saturated carbocycles. The van der Waals surface area contributed by atoms with Crippen LogP contribution in [0.2, 0.25) is 0 Å². The van der Waals surface area contributed by atoms with E-state index in [1.165, 1.54) is 10.5 Å². The lowest BCUT2D eigenvalue weighted by atomic mass is 9.93. The average molecular weight is 438 g/mol. The zero-order valence-electron chi connectivity index (χ0n) is 19.4. The molecule has 1 atom stereocenters. The smallest absolute Gasteiger partial charge is 0.255 e. The van der Waals surface area contributed by atoms with Crippen LogP contribution in [0.5, 0.6) is 0 Å². The fraction of sp³-hybridized carbons (Fsp3) is 0.214. The van der Waals surface area contributed by atoms with Gasteiger partial charge in [-0.15, -0.1) is 0 Å². The first-order valence-corrected chi connectivity index (χ1v) is 11.1. The number of benzene rings is 3. The van der Waals surface area contributed by atoms with Gasteiger partial charge >= 0.3 is 0 Å². The summed E-state index contributed by atoms with van der Waals surface area (Å²) in [6.07, 6.45) is 0. The molecule has 0 saturated heterocycles. The van der Waals surface area contributed by atoms with Crippen molar-refractivity contribution in [2.24, 2.45) is 7.05 Å². The van der Waals surface area contributed by atoms with E-state index in [0.29, 0.717) is 5.56 Å². The number of likely N-dealkylation sites (N-methyl/N-ethyl adjacent to an activating group) is 1. The molecule has 0 N–H and O–H groups in total. The molecule has 0 bridgehead atoms. The molecule has 2 amide bonds. The number of amides is 2. The lowest BCUT2D eigenvalue weighted by Gasteiger charge is -2.27. The Hall–Kier alpha value is -3.86. The number of carbonyl (C=O) groups excluding carboxylic acids is 2. The fourth-order valence-electron chi connectivity index (χ4n) is 4.89. The molecule has 0 aliphatic carbocycles. The molecule has 3 aromatic carbocycles. The summed E-state index contributed by atoms with van der Waals surface area (Å²) in [7, 11) is 5.51. The van der Waals surface area contributed by atoms with Crippen LogP contribution in [0.15, 0.2) is 72.8 Å². The van der Waals surface area contributed by atoms with E-state index in [4.69, 9.17) is 0 Å². The molecular weight excluding hydrogens is 410 g/mol. The highest BCUT2D eigenvalue weighted by atomic mass is 16.2. The van der Waals surface area contributed by atoms with Gasteiger partial charge in [-0.05, 0) is 30.2 Å². The van der Waals surface area contributed by atoms with Crippen LogP contribution in [0.1, 0.15) is 33.1 Å². The largest absolute Gasteiger partial charge is 0.347 e. The minimum atomic E-state index is -0.347. The van der Waals surface area contributed by atoms with Crippen LogP contribution in [0, 0.1) is 6.92 Å². The Bertz CT molecular complexity index is 1380. The number of aryl methyl sites for hydroxylation is 2. The normalized spacial score (nSPS) is 15.2. The van der Waals surface area contributed by atoms with Gasteiger partial charge < -0.3 is 14.4 Å². The van der Waals surface area contributed by atoms with Crippen molar-refractivity contribution in [2.75, 3.05) is 20.6 Å². The van der Waals surface area contributed by atoms with E-state index in [1.54, 1.807) is 19.0 Å². The van der Waals surface area contributed by atoms with Crippen LogP contribution in [0.3, 0.4) is 0 Å². The molecule has 33 heavy (non-hydrogen) atoms. The van der Waals surface area contributed by atoms with Gasteiger partial charge in [0.25, 0.3) is 5.91 Å². The number of aromatic nitrogens is 1. The van der Waals surface area contributed by atoms with Gasteiger partial charge in [0.1, 0.15) is 6.54 Å². The van der Waals surface area contributed by atoms with Crippen LogP contribution in [0.25, 0.3) is 22.2 Å². The van der Waals surface area contributed by atoms with E-state index in [-0.39, 0.29) is 24.4 Å². The van der Waals surface area contributed by atoms with E-state index >= 15 is 0 Å². The Morgan fingerprint density at radius 2 is 1.61 bits per heavy atom. The third kappa shape index (κ3) is 3.32. The summed E-state index contributed by atoms with van der Waals surface area (Å²) >= 11 is 0. The predicted molar refractivity (Wildman–Crippen MR) is 131 cm³/mol. The fourth-order valence-corrected chi connectivity index (χ4v) is 4.89. The molecule has 0 radical (unpaired) electrons. The van der Waals surface area contributed by atoms with Crippen LogP contribution >= 0.6 is 0 Å². The number of nitrogens with zero attached hydrogens (tertiary/aromatic N) is 3. The van der Waals surface area contributed by atoms with Gasteiger partial charge in [0, 0.05) is 43.2 Å². The zero-order valence-corrected chi connectivity index (χ0v) is 19.4. The Kier molecular flexibility index (Phi) is 5.05. The topological polar surface area (TPSA) is 45.6 Å². The van der Waals surface area contributed by atoms with Crippen LogP contribution < -0.4 is 0 Å². The van der Waals surface area contributed by atoms with Crippen molar-refractivity contribution in [2.45, 2.75) is 13.0 Å². The van der Waals surface area contributed by atoms with Crippen molar-refractivity contribution in [3.05, 3.63) is 95.1 Å². The molecule has 5 nitrogen and oxygen atoms in total. The predicted octanol–water partition coefficient (Wildman–Crippen LogP) is 4.79. The Morgan fingerprint density at radius 1 is 0.939 bits per heavy atom. The SMILES string of the molecule is Cc1ccc(-c2c([C@H]3c4ccccc4C(=O)N3CC(=O)N(C)C)c3ccccc3n2C)cc1. The summed E-state index contributed by atoms with van der Waals surface area (Å²) in [6.45, 7) is 2.11. The maximum absolute atomic E-state index is 13.5. The van der Waals surface area contributed by atoms with E-state index in [2.05, 4.69) is 54.9 Å². The minimum absolute atomic E-state index is 0.0295. The first-order chi connectivity index (χ1) is 15.9. The third-order valence-corrected chi connectivity index (χ3v) is 6.61. The van der Waals surface area contributed by atoms with Crippen molar-refractivity contribution in [1.29, 1.82) is 0 Å². The van der Waals surface area contributed by atoms with E-state index in [9.17, 15) is 9.59 Å². The minimum Gasteiger partial charge on any atom is -0.347 e. The molecule has 0 spiro atoms. The number of fused-ring (bicyclic) bond motifs is 2.